The van der Waals surface area contributed by atoms with Crippen molar-refractivity contribution < 1.29 is 23.9 Å². The second-order valence-electron chi connectivity index (χ2n) is 7.58. The first-order chi connectivity index (χ1) is 15.0. The van der Waals surface area contributed by atoms with Gasteiger partial charge in [-0.05, 0) is 31.2 Å². The van der Waals surface area contributed by atoms with E-state index in [9.17, 15) is 14.4 Å². The Bertz CT molecular complexity index is 957. The lowest BCUT2D eigenvalue weighted by atomic mass is 10.1. The summed E-state index contributed by atoms with van der Waals surface area (Å²) in [6.45, 7) is 4.10. The van der Waals surface area contributed by atoms with Crippen LogP contribution in [0.5, 0.6) is 5.75 Å². The van der Waals surface area contributed by atoms with E-state index < -0.39 is 24.1 Å². The van der Waals surface area contributed by atoms with Crippen LogP contribution in [0.3, 0.4) is 0 Å². The molecule has 2 aromatic rings. The van der Waals surface area contributed by atoms with Crippen LogP contribution in [0.15, 0.2) is 54.6 Å². The Morgan fingerprint density at radius 3 is 2.48 bits per heavy atom. The molecule has 2 aromatic carbocycles. The molecule has 0 aromatic heterocycles. The van der Waals surface area contributed by atoms with Gasteiger partial charge in [0.15, 0.2) is 12.2 Å². The normalized spacial score (nSPS) is 19.0. The zero-order valence-corrected chi connectivity index (χ0v) is 17.3. The second kappa shape index (κ2) is 9.07. The van der Waals surface area contributed by atoms with Gasteiger partial charge in [-0.25, -0.2) is 0 Å². The molecule has 0 unspecified atom stereocenters. The summed E-state index contributed by atoms with van der Waals surface area (Å²) in [5.74, 6) is -0.796. The van der Waals surface area contributed by atoms with Gasteiger partial charge in [-0.2, -0.15) is 0 Å². The van der Waals surface area contributed by atoms with Crippen LogP contribution in [0.2, 0.25) is 0 Å². The number of rotatable bonds is 5. The third kappa shape index (κ3) is 4.79. The van der Waals surface area contributed by atoms with Gasteiger partial charge in [-0.15, -0.1) is 0 Å². The van der Waals surface area contributed by atoms with Crippen LogP contribution in [-0.2, 0) is 19.1 Å². The summed E-state index contributed by atoms with van der Waals surface area (Å²) in [5, 5.41) is 2.71. The highest BCUT2D eigenvalue weighted by molar-refractivity contribution is 5.99. The number of piperazine rings is 1. The highest BCUT2D eigenvalue weighted by Gasteiger charge is 2.32. The molecule has 1 fully saturated rings. The molecule has 8 nitrogen and oxygen atoms in total. The average molecular weight is 423 g/mol. The largest absolute Gasteiger partial charge is 0.478 e. The fraction of sp³-hybridized carbons (Fsp3) is 0.348. The number of hydrogen-bond acceptors (Lipinski definition) is 6. The van der Waals surface area contributed by atoms with Crippen molar-refractivity contribution in [3.63, 3.8) is 0 Å². The van der Waals surface area contributed by atoms with Crippen LogP contribution in [0.1, 0.15) is 13.3 Å². The summed E-state index contributed by atoms with van der Waals surface area (Å²) in [5.41, 5.74) is 1.69. The average Bonchev–Trinajstić information content (AvgIpc) is 2.79. The predicted octanol–water partition coefficient (Wildman–Crippen LogP) is 2.06. The number of ether oxygens (including phenoxy) is 2. The summed E-state index contributed by atoms with van der Waals surface area (Å²) in [7, 11) is 0. The number of carbonyl (C=O) groups is 3. The number of para-hydroxylation sites is 3. The first-order valence-corrected chi connectivity index (χ1v) is 10.4. The Hall–Kier alpha value is -3.55. The van der Waals surface area contributed by atoms with Gasteiger partial charge in [0.1, 0.15) is 5.75 Å². The van der Waals surface area contributed by atoms with E-state index in [1.807, 2.05) is 30.3 Å². The second-order valence-corrected chi connectivity index (χ2v) is 7.58. The van der Waals surface area contributed by atoms with Gasteiger partial charge in [-0.1, -0.05) is 30.3 Å². The van der Waals surface area contributed by atoms with Crippen LogP contribution in [-0.4, -0.2) is 61.1 Å². The van der Waals surface area contributed by atoms with E-state index in [1.54, 1.807) is 36.1 Å². The van der Waals surface area contributed by atoms with E-state index in [0.29, 0.717) is 37.6 Å². The van der Waals surface area contributed by atoms with Crippen LogP contribution in [0, 0.1) is 0 Å². The highest BCUT2D eigenvalue weighted by atomic mass is 16.6. The molecule has 4 rings (SSSR count). The van der Waals surface area contributed by atoms with Crippen molar-refractivity contribution >= 4 is 29.2 Å². The minimum atomic E-state index is -0.987. The van der Waals surface area contributed by atoms with E-state index in [4.69, 9.17) is 9.47 Å². The predicted molar refractivity (Wildman–Crippen MR) is 115 cm³/mol. The zero-order chi connectivity index (χ0) is 21.8. The molecular weight excluding hydrogens is 398 g/mol. The van der Waals surface area contributed by atoms with Crippen molar-refractivity contribution in [2.24, 2.45) is 0 Å². The fourth-order valence-corrected chi connectivity index (χ4v) is 3.76. The first-order valence-electron chi connectivity index (χ1n) is 10.4. The van der Waals surface area contributed by atoms with E-state index in [-0.39, 0.29) is 12.3 Å². The Labute approximate surface area is 180 Å². The van der Waals surface area contributed by atoms with Crippen LogP contribution < -0.4 is 15.0 Å². The van der Waals surface area contributed by atoms with E-state index in [1.165, 1.54) is 0 Å². The molecule has 162 valence electrons. The van der Waals surface area contributed by atoms with Gasteiger partial charge in [-0.3, -0.25) is 14.4 Å². The first kappa shape index (κ1) is 20.7. The minimum absolute atomic E-state index is 0.236. The maximum Gasteiger partial charge on any atom is 0.310 e. The SMILES string of the molecule is C[C@@H](OC(=O)C[C@@H]1Oc2ccccc2NC1=O)C(=O)N1CCN(c2ccccc2)CC1. The topological polar surface area (TPSA) is 88.2 Å². The number of carbonyl (C=O) groups excluding carboxylic acids is 3. The molecule has 2 heterocycles. The van der Waals surface area contributed by atoms with Gasteiger partial charge in [0, 0.05) is 31.9 Å². The van der Waals surface area contributed by atoms with Gasteiger partial charge in [0.2, 0.25) is 0 Å². The maximum atomic E-state index is 12.7. The molecule has 8 heteroatoms. The number of fused-ring (bicyclic) bond motifs is 1. The summed E-state index contributed by atoms with van der Waals surface area (Å²) in [6.07, 6.45) is -2.17. The number of anilines is 2. The fourth-order valence-electron chi connectivity index (χ4n) is 3.76. The number of amides is 2. The van der Waals surface area contributed by atoms with Crippen molar-refractivity contribution in [3.8, 4) is 5.75 Å². The molecule has 2 aliphatic heterocycles. The van der Waals surface area contributed by atoms with Crippen LogP contribution in [0.4, 0.5) is 11.4 Å². The van der Waals surface area contributed by atoms with Crippen molar-refractivity contribution in [1.82, 2.24) is 4.90 Å². The molecular formula is C23H25N3O5. The Morgan fingerprint density at radius 1 is 1.06 bits per heavy atom. The van der Waals surface area contributed by atoms with Crippen LogP contribution >= 0.6 is 0 Å². The quantitative estimate of drug-likeness (QED) is 0.741. The van der Waals surface area contributed by atoms with Gasteiger partial charge >= 0.3 is 5.97 Å². The summed E-state index contributed by atoms with van der Waals surface area (Å²) >= 11 is 0. The highest BCUT2D eigenvalue weighted by Crippen LogP contribution is 2.29. The number of hydrogen-bond donors (Lipinski definition) is 1. The number of nitrogens with zero attached hydrogens (tertiary/aromatic N) is 2. The van der Waals surface area contributed by atoms with Gasteiger partial charge in [0.25, 0.3) is 11.8 Å². The Kier molecular flexibility index (Phi) is 6.06. The molecule has 0 aliphatic carbocycles. The van der Waals surface area contributed by atoms with E-state index in [2.05, 4.69) is 10.2 Å². The molecule has 1 saturated heterocycles. The summed E-state index contributed by atoms with van der Waals surface area (Å²) in [4.78, 5) is 41.2. The maximum absolute atomic E-state index is 12.7. The minimum Gasteiger partial charge on any atom is -0.478 e. The summed E-state index contributed by atoms with van der Waals surface area (Å²) in [6, 6.07) is 17.0. The molecule has 0 bridgehead atoms. The van der Waals surface area contributed by atoms with Gasteiger partial charge in [0.05, 0.1) is 12.1 Å². The smallest absolute Gasteiger partial charge is 0.310 e. The van der Waals surface area contributed by atoms with Gasteiger partial charge < -0.3 is 24.6 Å². The lowest BCUT2D eigenvalue weighted by Crippen LogP contribution is -2.51. The molecule has 0 saturated carbocycles. The standard InChI is InChI=1S/C23H25N3O5/c1-16(23(29)26-13-11-25(12-14-26)17-7-3-2-4-8-17)30-21(27)15-20-22(28)24-18-9-5-6-10-19(18)31-20/h2-10,16,20H,11-15H2,1H3,(H,24,28)/t16-,20+/m1/s1. The Morgan fingerprint density at radius 2 is 1.74 bits per heavy atom. The van der Waals surface area contributed by atoms with E-state index in [0.717, 1.165) is 5.69 Å². The Balaban J connectivity index is 1.26. The molecule has 2 atom stereocenters. The lowest BCUT2D eigenvalue weighted by molar-refractivity contribution is -0.161. The third-order valence-corrected chi connectivity index (χ3v) is 5.43. The van der Waals surface area contributed by atoms with Crippen molar-refractivity contribution in [3.05, 3.63) is 54.6 Å². The van der Waals surface area contributed by atoms with E-state index >= 15 is 0 Å². The molecule has 31 heavy (non-hydrogen) atoms. The van der Waals surface area contributed by atoms with Crippen molar-refractivity contribution in [2.75, 3.05) is 36.4 Å². The molecule has 2 aliphatic rings. The zero-order valence-electron chi connectivity index (χ0n) is 17.3. The molecule has 0 spiro atoms. The molecule has 0 radical (unpaired) electrons. The number of nitrogens with one attached hydrogen (secondary N) is 1. The molecule has 1 N–H and O–H groups in total. The molecule has 2 amide bonds. The summed E-state index contributed by atoms with van der Waals surface area (Å²) < 4.78 is 10.9. The number of benzene rings is 2. The monoisotopic (exact) mass is 423 g/mol. The number of esters is 1. The van der Waals surface area contributed by atoms with Crippen molar-refractivity contribution in [1.29, 1.82) is 0 Å². The van der Waals surface area contributed by atoms with Crippen molar-refractivity contribution in [2.45, 2.75) is 25.6 Å². The third-order valence-electron chi connectivity index (χ3n) is 5.43. The van der Waals surface area contributed by atoms with Crippen LogP contribution in [0.25, 0.3) is 0 Å². The lowest BCUT2D eigenvalue weighted by Gasteiger charge is -2.37.